The lowest BCUT2D eigenvalue weighted by atomic mass is 10.1. The third-order valence-electron chi connectivity index (χ3n) is 2.74. The normalized spacial score (nSPS) is 10.8. The number of rotatable bonds is 5. The highest BCUT2D eigenvalue weighted by Crippen LogP contribution is 2.15. The van der Waals surface area contributed by atoms with E-state index in [4.69, 9.17) is 19.5 Å². The van der Waals surface area contributed by atoms with Crippen molar-refractivity contribution in [2.45, 2.75) is 32.5 Å². The van der Waals surface area contributed by atoms with E-state index in [1.165, 1.54) is 6.07 Å². The van der Waals surface area contributed by atoms with Crippen molar-refractivity contribution in [2.75, 3.05) is 5.32 Å². The first-order valence-electron chi connectivity index (χ1n) is 7.07. The molecular weight excluding hydrogens is 361 g/mol. The monoisotopic (exact) mass is 376 g/mol. The number of halogens is 3. The molecular formula is C14H15F3N4O5. The van der Waals surface area contributed by atoms with Gasteiger partial charge in [0.25, 0.3) is 0 Å². The molecule has 0 amide bonds. The summed E-state index contributed by atoms with van der Waals surface area (Å²) < 4.78 is 36.9. The van der Waals surface area contributed by atoms with Crippen LogP contribution >= 0.6 is 0 Å². The number of aromatic nitrogens is 3. The second-order valence-corrected chi connectivity index (χ2v) is 5.14. The molecule has 2 heterocycles. The van der Waals surface area contributed by atoms with Gasteiger partial charge in [-0.15, -0.1) is 10.2 Å². The quantitative estimate of drug-likeness (QED) is 0.718. The number of carboxylic acid groups (broad SMARTS) is 2. The number of nitrogens with one attached hydrogen (secondary N) is 1. The Morgan fingerprint density at radius 1 is 1.23 bits per heavy atom. The maximum Gasteiger partial charge on any atom is 0.490 e. The molecule has 2 rings (SSSR count). The summed E-state index contributed by atoms with van der Waals surface area (Å²) in [5, 5.41) is 30.1. The highest BCUT2D eigenvalue weighted by molar-refractivity contribution is 5.85. The molecule has 0 saturated carbocycles. The maximum atomic E-state index is 10.6. The van der Waals surface area contributed by atoms with Crippen LogP contribution in [0.5, 0.6) is 0 Å². The van der Waals surface area contributed by atoms with Crippen LogP contribution in [0.4, 0.5) is 19.0 Å². The van der Waals surface area contributed by atoms with E-state index in [0.29, 0.717) is 24.0 Å². The first-order chi connectivity index (χ1) is 12.0. The van der Waals surface area contributed by atoms with Crippen LogP contribution in [0.25, 0.3) is 0 Å². The van der Waals surface area contributed by atoms with Gasteiger partial charge in [-0.2, -0.15) is 13.2 Å². The van der Waals surface area contributed by atoms with Crippen LogP contribution < -0.4 is 5.32 Å². The molecule has 0 bridgehead atoms. The van der Waals surface area contributed by atoms with E-state index in [0.717, 1.165) is 5.69 Å². The van der Waals surface area contributed by atoms with Gasteiger partial charge < -0.3 is 20.1 Å². The summed E-state index contributed by atoms with van der Waals surface area (Å²) in [7, 11) is 0. The molecule has 0 unspecified atom stereocenters. The fourth-order valence-corrected chi connectivity index (χ4v) is 1.40. The Kier molecular flexibility index (Phi) is 7.05. The number of hydrogen-bond acceptors (Lipinski definition) is 7. The van der Waals surface area contributed by atoms with Crippen LogP contribution in [0.15, 0.2) is 22.7 Å². The van der Waals surface area contributed by atoms with E-state index in [9.17, 15) is 18.0 Å². The molecule has 2 aromatic rings. The SMILES string of the molecule is CC(C)c1cc(CNc2ccc(C(=O)O)nn2)on1.O=C(O)C(F)(F)F. The number of carbonyl (C=O) groups is 2. The maximum absolute atomic E-state index is 10.6. The van der Waals surface area contributed by atoms with Crippen molar-refractivity contribution in [2.24, 2.45) is 0 Å². The minimum absolute atomic E-state index is 0.0905. The summed E-state index contributed by atoms with van der Waals surface area (Å²) >= 11 is 0. The van der Waals surface area contributed by atoms with Crippen LogP contribution in [0.1, 0.15) is 41.7 Å². The Morgan fingerprint density at radius 2 is 1.85 bits per heavy atom. The fourth-order valence-electron chi connectivity index (χ4n) is 1.40. The molecule has 0 fully saturated rings. The fraction of sp³-hybridized carbons (Fsp3) is 0.357. The Balaban J connectivity index is 0.000000412. The van der Waals surface area contributed by atoms with Crippen LogP contribution in [0, 0.1) is 0 Å². The molecule has 9 nitrogen and oxygen atoms in total. The number of hydrogen-bond donors (Lipinski definition) is 3. The zero-order valence-electron chi connectivity index (χ0n) is 13.6. The van der Waals surface area contributed by atoms with Gasteiger partial charge in [-0.1, -0.05) is 19.0 Å². The minimum Gasteiger partial charge on any atom is -0.476 e. The van der Waals surface area contributed by atoms with E-state index < -0.39 is 18.1 Å². The smallest absolute Gasteiger partial charge is 0.476 e. The first kappa shape index (κ1) is 20.9. The number of aromatic carboxylic acids is 1. The van der Waals surface area contributed by atoms with Gasteiger partial charge in [0.1, 0.15) is 5.82 Å². The van der Waals surface area contributed by atoms with Crippen LogP contribution in [-0.2, 0) is 11.3 Å². The highest BCUT2D eigenvalue weighted by atomic mass is 19.4. The Bertz CT molecular complexity index is 744. The summed E-state index contributed by atoms with van der Waals surface area (Å²) in [6.45, 7) is 4.48. The lowest BCUT2D eigenvalue weighted by molar-refractivity contribution is -0.192. The molecule has 0 aliphatic heterocycles. The summed E-state index contributed by atoms with van der Waals surface area (Å²) in [5.41, 5.74) is 0.802. The number of carboxylic acids is 2. The number of alkyl halides is 3. The third-order valence-corrected chi connectivity index (χ3v) is 2.74. The molecule has 0 aromatic carbocycles. The molecule has 0 saturated heterocycles. The standard InChI is InChI=1S/C12H14N4O3.C2HF3O2/c1-7(2)10-5-8(19-16-10)6-13-11-4-3-9(12(17)18)14-15-11;3-2(4,5)1(6)7/h3-5,7H,6H2,1-2H3,(H,13,15)(H,17,18);(H,6,7). The summed E-state index contributed by atoms with van der Waals surface area (Å²) in [4.78, 5) is 19.5. The highest BCUT2D eigenvalue weighted by Gasteiger charge is 2.38. The van der Waals surface area contributed by atoms with Crippen molar-refractivity contribution in [1.82, 2.24) is 15.4 Å². The second-order valence-electron chi connectivity index (χ2n) is 5.14. The predicted octanol–water partition coefficient (Wildman–Crippen LogP) is 2.53. The van der Waals surface area contributed by atoms with Gasteiger partial charge in [0.05, 0.1) is 12.2 Å². The second kappa shape index (κ2) is 8.78. The van der Waals surface area contributed by atoms with E-state index in [2.05, 4.69) is 20.7 Å². The van der Waals surface area contributed by atoms with E-state index in [1.807, 2.05) is 19.9 Å². The summed E-state index contributed by atoms with van der Waals surface area (Å²) in [5.74, 6) is -2.38. The van der Waals surface area contributed by atoms with Crippen molar-refractivity contribution in [1.29, 1.82) is 0 Å². The van der Waals surface area contributed by atoms with Gasteiger partial charge in [0.15, 0.2) is 11.5 Å². The van der Waals surface area contributed by atoms with Gasteiger partial charge >= 0.3 is 18.1 Å². The number of anilines is 1. The molecule has 0 aliphatic carbocycles. The average Bonchev–Trinajstić information content (AvgIpc) is 3.02. The summed E-state index contributed by atoms with van der Waals surface area (Å²) in [6, 6.07) is 4.81. The van der Waals surface area contributed by atoms with Crippen molar-refractivity contribution in [3.05, 3.63) is 35.3 Å². The number of nitrogens with zero attached hydrogens (tertiary/aromatic N) is 3. The molecule has 26 heavy (non-hydrogen) atoms. The van der Waals surface area contributed by atoms with Crippen molar-refractivity contribution < 1.29 is 37.5 Å². The van der Waals surface area contributed by atoms with E-state index >= 15 is 0 Å². The lowest BCUT2D eigenvalue weighted by Gasteiger charge is -2.01. The molecule has 142 valence electrons. The van der Waals surface area contributed by atoms with E-state index in [-0.39, 0.29) is 5.69 Å². The minimum atomic E-state index is -5.08. The predicted molar refractivity (Wildman–Crippen MR) is 80.6 cm³/mol. The zero-order chi connectivity index (χ0) is 19.9. The Hall–Kier alpha value is -3.18. The lowest BCUT2D eigenvalue weighted by Crippen LogP contribution is -2.21. The Labute approximate surface area is 144 Å². The van der Waals surface area contributed by atoms with Crippen molar-refractivity contribution in [3.8, 4) is 0 Å². The molecule has 0 radical (unpaired) electrons. The average molecular weight is 376 g/mol. The molecule has 2 aromatic heterocycles. The summed E-state index contributed by atoms with van der Waals surface area (Å²) in [6.07, 6.45) is -5.08. The van der Waals surface area contributed by atoms with Crippen LogP contribution in [-0.4, -0.2) is 43.7 Å². The molecule has 12 heteroatoms. The van der Waals surface area contributed by atoms with Gasteiger partial charge in [0.2, 0.25) is 0 Å². The van der Waals surface area contributed by atoms with Gasteiger partial charge in [-0.3, -0.25) is 0 Å². The zero-order valence-corrected chi connectivity index (χ0v) is 13.6. The van der Waals surface area contributed by atoms with Crippen molar-refractivity contribution in [3.63, 3.8) is 0 Å². The van der Waals surface area contributed by atoms with Crippen LogP contribution in [0.3, 0.4) is 0 Å². The van der Waals surface area contributed by atoms with Crippen molar-refractivity contribution >= 4 is 17.8 Å². The van der Waals surface area contributed by atoms with E-state index in [1.54, 1.807) is 6.07 Å². The first-order valence-corrected chi connectivity index (χ1v) is 7.07. The topological polar surface area (TPSA) is 138 Å². The molecule has 0 aliphatic rings. The third kappa shape index (κ3) is 6.75. The van der Waals surface area contributed by atoms with Gasteiger partial charge in [-0.25, -0.2) is 9.59 Å². The van der Waals surface area contributed by atoms with Gasteiger partial charge in [0, 0.05) is 6.07 Å². The Morgan fingerprint density at radius 3 is 2.23 bits per heavy atom. The molecule has 3 N–H and O–H groups in total. The van der Waals surface area contributed by atoms with Gasteiger partial charge in [-0.05, 0) is 18.1 Å². The molecule has 0 atom stereocenters. The number of aliphatic carboxylic acids is 1. The van der Waals surface area contributed by atoms with Crippen LogP contribution in [0.2, 0.25) is 0 Å². The molecule has 0 spiro atoms. The largest absolute Gasteiger partial charge is 0.490 e.